The lowest BCUT2D eigenvalue weighted by molar-refractivity contribution is 0.198. The van der Waals surface area contributed by atoms with Gasteiger partial charge in [-0.25, -0.2) is 0 Å². The highest BCUT2D eigenvalue weighted by atomic mass is 28.4. The standard InChI is InChI=1S/C28H48O5Si2/c1-19(32-34(11,12)27(2,3)4)15-20-16-23(29-8)25-22(26(20)31-10)17-21(18-24(25)30-9)33-35(13,14)28(5,6)7/h16-19H,15H2,1-14H3/t19-/m0/s1. The van der Waals surface area contributed by atoms with Gasteiger partial charge in [-0.3, -0.25) is 0 Å². The fraction of sp³-hybridized carbons (Fsp3) is 0.643. The van der Waals surface area contributed by atoms with Crippen LogP contribution in [0.2, 0.25) is 36.3 Å². The summed E-state index contributed by atoms with van der Waals surface area (Å²) in [5, 5.41) is 2.04. The van der Waals surface area contributed by atoms with Crippen molar-refractivity contribution in [1.29, 1.82) is 0 Å². The fourth-order valence-corrected chi connectivity index (χ4v) is 6.20. The Kier molecular flexibility index (Phi) is 8.73. The number of hydrogen-bond acceptors (Lipinski definition) is 5. The number of fused-ring (bicyclic) bond motifs is 1. The third kappa shape index (κ3) is 6.35. The van der Waals surface area contributed by atoms with Gasteiger partial charge in [0.1, 0.15) is 23.0 Å². The van der Waals surface area contributed by atoms with E-state index < -0.39 is 16.6 Å². The van der Waals surface area contributed by atoms with Crippen LogP contribution in [0.1, 0.15) is 54.0 Å². The van der Waals surface area contributed by atoms with Crippen molar-refractivity contribution in [3.63, 3.8) is 0 Å². The first-order chi connectivity index (χ1) is 15.9. The molecule has 2 aromatic carbocycles. The summed E-state index contributed by atoms with van der Waals surface area (Å²) in [5.74, 6) is 3.07. The minimum atomic E-state index is -2.05. The van der Waals surface area contributed by atoms with E-state index in [-0.39, 0.29) is 16.2 Å². The molecule has 0 radical (unpaired) electrons. The molecule has 0 aliphatic carbocycles. The van der Waals surface area contributed by atoms with E-state index in [9.17, 15) is 0 Å². The van der Waals surface area contributed by atoms with Gasteiger partial charge in [-0.2, -0.15) is 0 Å². The van der Waals surface area contributed by atoms with Crippen molar-refractivity contribution in [3.8, 4) is 23.0 Å². The SMILES string of the molecule is COc1c(C[C@H](C)O[Si](C)(C)C(C)(C)C)cc(OC)c2c(OC)cc(O[Si](C)(C)C(C)(C)C)cc12. The summed E-state index contributed by atoms with van der Waals surface area (Å²) in [7, 11) is 1.15. The Balaban J connectivity index is 2.65. The largest absolute Gasteiger partial charge is 0.543 e. The zero-order valence-corrected chi connectivity index (χ0v) is 26.6. The molecule has 0 fully saturated rings. The molecule has 2 rings (SSSR count). The van der Waals surface area contributed by atoms with E-state index in [0.29, 0.717) is 5.75 Å². The van der Waals surface area contributed by atoms with Crippen molar-refractivity contribution in [3.05, 3.63) is 23.8 Å². The van der Waals surface area contributed by atoms with Gasteiger partial charge in [0.2, 0.25) is 8.32 Å². The molecule has 0 aliphatic rings. The van der Waals surface area contributed by atoms with Crippen LogP contribution in [0.3, 0.4) is 0 Å². The number of rotatable bonds is 9. The first kappa shape index (κ1) is 29.5. The Morgan fingerprint density at radius 2 is 1.26 bits per heavy atom. The van der Waals surface area contributed by atoms with Crippen molar-refractivity contribution >= 4 is 27.4 Å². The molecule has 0 bridgehead atoms. The van der Waals surface area contributed by atoms with Crippen LogP contribution in [0.25, 0.3) is 10.8 Å². The molecule has 7 heteroatoms. The molecule has 0 N–H and O–H groups in total. The lowest BCUT2D eigenvalue weighted by Gasteiger charge is -2.38. The summed E-state index contributed by atoms with van der Waals surface area (Å²) in [5.41, 5.74) is 1.05. The van der Waals surface area contributed by atoms with Crippen molar-refractivity contribution in [2.75, 3.05) is 21.3 Å². The van der Waals surface area contributed by atoms with Gasteiger partial charge in [-0.15, -0.1) is 0 Å². The first-order valence-electron chi connectivity index (χ1n) is 12.5. The van der Waals surface area contributed by atoms with Gasteiger partial charge in [-0.1, -0.05) is 41.5 Å². The normalized spacial score (nSPS) is 14.1. The Hall–Kier alpha value is -1.71. The quantitative estimate of drug-likeness (QED) is 0.312. The minimum Gasteiger partial charge on any atom is -0.543 e. The van der Waals surface area contributed by atoms with Crippen LogP contribution in [-0.2, 0) is 10.8 Å². The average molecular weight is 521 g/mol. The maximum Gasteiger partial charge on any atom is 0.250 e. The molecule has 0 saturated carbocycles. The molecule has 2 aromatic rings. The second-order valence-electron chi connectivity index (χ2n) is 12.6. The molecular formula is C28H48O5Si2. The van der Waals surface area contributed by atoms with Gasteiger partial charge in [0, 0.05) is 29.5 Å². The minimum absolute atomic E-state index is 0.0421. The number of benzene rings is 2. The lowest BCUT2D eigenvalue weighted by Crippen LogP contribution is -2.43. The summed E-state index contributed by atoms with van der Waals surface area (Å²) in [4.78, 5) is 0. The lowest BCUT2D eigenvalue weighted by atomic mass is 9.99. The van der Waals surface area contributed by atoms with Gasteiger partial charge < -0.3 is 23.1 Å². The van der Waals surface area contributed by atoms with Crippen molar-refractivity contribution in [1.82, 2.24) is 0 Å². The van der Waals surface area contributed by atoms with Crippen molar-refractivity contribution in [2.45, 2.75) is 97.3 Å². The number of methoxy groups -OCH3 is 3. The molecule has 1 atom stereocenters. The Morgan fingerprint density at radius 1 is 0.743 bits per heavy atom. The number of hydrogen-bond donors (Lipinski definition) is 0. The summed E-state index contributed by atoms with van der Waals surface area (Å²) in [6, 6.07) is 6.10. The summed E-state index contributed by atoms with van der Waals surface area (Å²) >= 11 is 0. The third-order valence-corrected chi connectivity index (χ3v) is 16.8. The Morgan fingerprint density at radius 3 is 1.71 bits per heavy atom. The molecule has 0 spiro atoms. The maximum absolute atomic E-state index is 6.66. The van der Waals surface area contributed by atoms with Gasteiger partial charge in [-0.05, 0) is 55.3 Å². The van der Waals surface area contributed by atoms with Gasteiger partial charge in [0.15, 0.2) is 8.32 Å². The third-order valence-electron chi connectivity index (χ3n) is 7.80. The predicted molar refractivity (Wildman–Crippen MR) is 153 cm³/mol. The Labute approximate surface area is 215 Å². The zero-order chi connectivity index (χ0) is 27.0. The highest BCUT2D eigenvalue weighted by molar-refractivity contribution is 6.75. The Bertz CT molecular complexity index is 1030. The summed E-state index contributed by atoms with van der Waals surface area (Å²) in [6.45, 7) is 24.7. The van der Waals surface area contributed by atoms with E-state index in [0.717, 1.165) is 40.0 Å². The molecule has 0 heterocycles. The molecule has 5 nitrogen and oxygen atoms in total. The zero-order valence-electron chi connectivity index (χ0n) is 24.6. The van der Waals surface area contributed by atoms with E-state index in [4.69, 9.17) is 23.1 Å². The first-order valence-corrected chi connectivity index (χ1v) is 18.3. The van der Waals surface area contributed by atoms with E-state index in [1.54, 1.807) is 21.3 Å². The van der Waals surface area contributed by atoms with E-state index in [1.165, 1.54) is 0 Å². The smallest absolute Gasteiger partial charge is 0.250 e. The van der Waals surface area contributed by atoms with Crippen molar-refractivity contribution in [2.24, 2.45) is 0 Å². The predicted octanol–water partition coefficient (Wildman–Crippen LogP) is 8.20. The van der Waals surface area contributed by atoms with Crippen LogP contribution in [-0.4, -0.2) is 44.1 Å². The molecule has 0 saturated heterocycles. The molecule has 0 unspecified atom stereocenters. The molecule has 0 aliphatic heterocycles. The maximum atomic E-state index is 6.66. The highest BCUT2D eigenvalue weighted by Gasteiger charge is 2.40. The van der Waals surface area contributed by atoms with Crippen LogP contribution >= 0.6 is 0 Å². The number of ether oxygens (including phenoxy) is 3. The van der Waals surface area contributed by atoms with Crippen molar-refractivity contribution < 1.29 is 23.1 Å². The second kappa shape index (κ2) is 10.3. The van der Waals surface area contributed by atoms with Gasteiger partial charge in [0.05, 0.1) is 26.7 Å². The average Bonchev–Trinajstić information content (AvgIpc) is 2.69. The monoisotopic (exact) mass is 520 g/mol. The van der Waals surface area contributed by atoms with Crippen LogP contribution in [0, 0.1) is 0 Å². The van der Waals surface area contributed by atoms with Gasteiger partial charge in [0.25, 0.3) is 0 Å². The molecule has 198 valence electrons. The summed E-state index contributed by atoms with van der Waals surface area (Å²) in [6.07, 6.45) is 0.762. The molecule has 0 aromatic heterocycles. The second-order valence-corrected chi connectivity index (χ2v) is 22.1. The molecule has 35 heavy (non-hydrogen) atoms. The topological polar surface area (TPSA) is 46.2 Å². The van der Waals surface area contributed by atoms with E-state index in [1.807, 2.05) is 6.07 Å². The molecular weight excluding hydrogens is 472 g/mol. The fourth-order valence-electron chi connectivity index (χ4n) is 3.74. The summed E-state index contributed by atoms with van der Waals surface area (Å²) < 4.78 is 31.0. The van der Waals surface area contributed by atoms with Gasteiger partial charge >= 0.3 is 0 Å². The highest BCUT2D eigenvalue weighted by Crippen LogP contribution is 2.46. The van der Waals surface area contributed by atoms with Crippen LogP contribution < -0.4 is 18.6 Å². The van der Waals surface area contributed by atoms with E-state index >= 15 is 0 Å². The van der Waals surface area contributed by atoms with Crippen LogP contribution in [0.4, 0.5) is 0 Å². The van der Waals surface area contributed by atoms with Crippen LogP contribution in [0.15, 0.2) is 18.2 Å². The molecule has 0 amide bonds. The van der Waals surface area contributed by atoms with E-state index in [2.05, 4.69) is 86.8 Å². The van der Waals surface area contributed by atoms with Crippen LogP contribution in [0.5, 0.6) is 23.0 Å².